The molecule has 0 heterocycles. The Morgan fingerprint density at radius 3 is 2.21 bits per heavy atom. The Labute approximate surface area is 114 Å². The minimum atomic E-state index is -0.484. The van der Waals surface area contributed by atoms with E-state index in [4.69, 9.17) is 0 Å². The van der Waals surface area contributed by atoms with Crippen LogP contribution in [0.25, 0.3) is 0 Å². The highest BCUT2D eigenvalue weighted by molar-refractivity contribution is 6.38. The van der Waals surface area contributed by atoms with E-state index in [0.717, 1.165) is 12.7 Å². The fourth-order valence-corrected chi connectivity index (χ4v) is 2.49. The van der Waals surface area contributed by atoms with Gasteiger partial charge in [0.25, 0.3) is 0 Å². The van der Waals surface area contributed by atoms with Crippen LogP contribution in [0.2, 0.25) is 0 Å². The lowest BCUT2D eigenvalue weighted by atomic mass is 9.75. The van der Waals surface area contributed by atoms with Gasteiger partial charge >= 0.3 is 0 Å². The summed E-state index contributed by atoms with van der Waals surface area (Å²) in [7, 11) is 0. The van der Waals surface area contributed by atoms with Crippen LogP contribution in [0.15, 0.2) is 0 Å². The minimum Gasteiger partial charge on any atom is -0.303 e. The maximum atomic E-state index is 12.2. The van der Waals surface area contributed by atoms with Crippen LogP contribution in [0, 0.1) is 17.8 Å². The van der Waals surface area contributed by atoms with Crippen molar-refractivity contribution in [3.8, 4) is 0 Å². The summed E-state index contributed by atoms with van der Waals surface area (Å²) < 4.78 is 0. The third-order valence-corrected chi connectivity index (χ3v) is 3.58. The zero-order chi connectivity index (χ0) is 14.8. The van der Waals surface area contributed by atoms with Crippen LogP contribution in [0.4, 0.5) is 0 Å². The molecule has 4 heteroatoms. The van der Waals surface area contributed by atoms with E-state index in [2.05, 4.69) is 0 Å². The first-order valence-corrected chi connectivity index (χ1v) is 6.99. The summed E-state index contributed by atoms with van der Waals surface area (Å²) in [5.41, 5.74) is 0. The van der Waals surface area contributed by atoms with Gasteiger partial charge in [-0.05, 0) is 12.3 Å². The number of hydrogen-bond acceptors (Lipinski definition) is 4. The van der Waals surface area contributed by atoms with Gasteiger partial charge in [-0.15, -0.1) is 0 Å². The van der Waals surface area contributed by atoms with E-state index in [1.165, 1.54) is 0 Å². The van der Waals surface area contributed by atoms with Gasteiger partial charge in [-0.2, -0.15) is 0 Å². The van der Waals surface area contributed by atoms with E-state index in [1.54, 1.807) is 6.92 Å². The number of ketones is 2. The Hall–Kier alpha value is -1.32. The molecule has 0 N–H and O–H groups in total. The van der Waals surface area contributed by atoms with Crippen molar-refractivity contribution in [3.05, 3.63) is 0 Å². The molecule has 0 aromatic carbocycles. The smallest absolute Gasteiger partial charge is 0.201 e. The van der Waals surface area contributed by atoms with E-state index in [0.29, 0.717) is 19.1 Å². The molecule has 0 rings (SSSR count). The molecule has 0 saturated heterocycles. The van der Waals surface area contributed by atoms with Crippen molar-refractivity contribution in [1.29, 1.82) is 0 Å². The molecule has 0 spiro atoms. The van der Waals surface area contributed by atoms with Crippen LogP contribution >= 0.6 is 0 Å². The van der Waals surface area contributed by atoms with Gasteiger partial charge in [0.1, 0.15) is 12.6 Å². The Morgan fingerprint density at radius 2 is 1.79 bits per heavy atom. The van der Waals surface area contributed by atoms with Gasteiger partial charge in [0.2, 0.25) is 5.78 Å². The Morgan fingerprint density at radius 1 is 1.16 bits per heavy atom. The Balaban J connectivity index is 4.95. The van der Waals surface area contributed by atoms with Crippen molar-refractivity contribution >= 4 is 24.1 Å². The lowest BCUT2D eigenvalue weighted by Gasteiger charge is -2.26. The molecule has 108 valence electrons. The summed E-state index contributed by atoms with van der Waals surface area (Å²) in [6, 6.07) is 0. The van der Waals surface area contributed by atoms with Gasteiger partial charge in [-0.25, -0.2) is 0 Å². The van der Waals surface area contributed by atoms with Crippen molar-refractivity contribution in [2.24, 2.45) is 17.8 Å². The summed E-state index contributed by atoms with van der Waals surface area (Å²) in [6.45, 7) is 5.66. The molecule has 3 atom stereocenters. The minimum absolute atomic E-state index is 0.0194. The number of rotatable bonds is 11. The van der Waals surface area contributed by atoms with Crippen molar-refractivity contribution < 1.29 is 19.2 Å². The molecular weight excluding hydrogens is 244 g/mol. The second-order valence-corrected chi connectivity index (χ2v) is 4.96. The third kappa shape index (κ3) is 5.45. The van der Waals surface area contributed by atoms with Crippen LogP contribution in [0.3, 0.4) is 0 Å². The van der Waals surface area contributed by atoms with E-state index in [9.17, 15) is 19.2 Å². The number of hydrogen-bond donors (Lipinski definition) is 0. The van der Waals surface area contributed by atoms with E-state index < -0.39 is 17.5 Å². The van der Waals surface area contributed by atoms with E-state index >= 15 is 0 Å². The van der Waals surface area contributed by atoms with Crippen molar-refractivity contribution in [3.63, 3.8) is 0 Å². The fraction of sp³-hybridized carbons (Fsp3) is 0.733. The molecule has 0 aliphatic rings. The summed E-state index contributed by atoms with van der Waals surface area (Å²) in [4.78, 5) is 45.1. The normalized spacial score (nSPS) is 15.3. The Kier molecular flexibility index (Phi) is 8.92. The lowest BCUT2D eigenvalue weighted by Crippen LogP contribution is -2.33. The summed E-state index contributed by atoms with van der Waals surface area (Å²) in [5.74, 6) is -1.62. The summed E-state index contributed by atoms with van der Waals surface area (Å²) >= 11 is 0. The van der Waals surface area contributed by atoms with Gasteiger partial charge in [0.05, 0.1) is 0 Å². The van der Waals surface area contributed by atoms with Crippen LogP contribution in [0.5, 0.6) is 0 Å². The molecule has 0 aromatic heterocycles. The second kappa shape index (κ2) is 9.59. The van der Waals surface area contributed by atoms with E-state index in [1.807, 2.05) is 13.8 Å². The monoisotopic (exact) mass is 268 g/mol. The molecule has 0 aliphatic heterocycles. The third-order valence-electron chi connectivity index (χ3n) is 3.58. The fourth-order valence-electron chi connectivity index (χ4n) is 2.49. The number of aldehydes is 2. The average molecular weight is 268 g/mol. The van der Waals surface area contributed by atoms with Crippen molar-refractivity contribution in [2.75, 3.05) is 0 Å². The highest BCUT2D eigenvalue weighted by Crippen LogP contribution is 2.28. The summed E-state index contributed by atoms with van der Waals surface area (Å²) in [6.07, 6.45) is 3.66. The predicted molar refractivity (Wildman–Crippen MR) is 72.7 cm³/mol. The molecule has 19 heavy (non-hydrogen) atoms. The molecule has 0 amide bonds. The molecular formula is C15H24O4. The molecule has 3 unspecified atom stereocenters. The zero-order valence-electron chi connectivity index (χ0n) is 12.1. The van der Waals surface area contributed by atoms with Gasteiger partial charge in [-0.3, -0.25) is 9.59 Å². The van der Waals surface area contributed by atoms with Crippen molar-refractivity contribution in [2.45, 2.75) is 52.9 Å². The topological polar surface area (TPSA) is 68.3 Å². The first-order chi connectivity index (χ1) is 9.03. The molecule has 0 saturated carbocycles. The number of carbonyl (C=O) groups is 4. The maximum absolute atomic E-state index is 12.2. The SMILES string of the molecule is CCCC(C(=O)C(=O)CCC=O)C(CC)C(C)C=O. The van der Waals surface area contributed by atoms with Gasteiger partial charge in [0.15, 0.2) is 5.78 Å². The largest absolute Gasteiger partial charge is 0.303 e. The molecule has 0 bridgehead atoms. The molecule has 0 radical (unpaired) electrons. The van der Waals surface area contributed by atoms with Gasteiger partial charge in [0, 0.05) is 24.7 Å². The van der Waals surface area contributed by atoms with Crippen molar-refractivity contribution in [1.82, 2.24) is 0 Å². The number of Topliss-reactive ketones (excluding diaryl/α,β-unsaturated/α-hetero) is 2. The number of carbonyl (C=O) groups excluding carboxylic acids is 4. The lowest BCUT2D eigenvalue weighted by molar-refractivity contribution is -0.141. The molecule has 0 fully saturated rings. The maximum Gasteiger partial charge on any atom is 0.201 e. The molecule has 0 aliphatic carbocycles. The molecule has 0 aromatic rings. The van der Waals surface area contributed by atoms with Crippen LogP contribution < -0.4 is 0 Å². The van der Waals surface area contributed by atoms with Gasteiger partial charge < -0.3 is 9.59 Å². The van der Waals surface area contributed by atoms with Crippen LogP contribution in [0.1, 0.15) is 52.9 Å². The average Bonchev–Trinajstić information content (AvgIpc) is 2.43. The standard InChI is InChI=1S/C15H24O4/c1-4-7-13(12(5-2)11(3)10-17)15(19)14(18)8-6-9-16/h9-13H,4-8H2,1-3H3. The van der Waals surface area contributed by atoms with E-state index in [-0.39, 0.29) is 24.7 Å². The summed E-state index contributed by atoms with van der Waals surface area (Å²) in [5, 5.41) is 0. The highest BCUT2D eigenvalue weighted by Gasteiger charge is 2.33. The highest BCUT2D eigenvalue weighted by atomic mass is 16.2. The zero-order valence-corrected chi connectivity index (χ0v) is 12.1. The predicted octanol–water partition coefficient (Wildman–Crippen LogP) is 2.38. The first-order valence-electron chi connectivity index (χ1n) is 6.99. The first kappa shape index (κ1) is 17.7. The van der Waals surface area contributed by atoms with Gasteiger partial charge in [-0.1, -0.05) is 33.6 Å². The second-order valence-electron chi connectivity index (χ2n) is 4.96. The molecule has 4 nitrogen and oxygen atoms in total. The van der Waals surface area contributed by atoms with Crippen LogP contribution in [-0.2, 0) is 19.2 Å². The van der Waals surface area contributed by atoms with Crippen LogP contribution in [-0.4, -0.2) is 24.1 Å². The quantitative estimate of drug-likeness (QED) is 0.426. The Bertz CT molecular complexity index is 322.